The first-order valence-electron chi connectivity index (χ1n) is 8.23. The Kier molecular flexibility index (Phi) is 4.41. The van der Waals surface area contributed by atoms with Crippen LogP contribution in [0.25, 0.3) is 20.4 Å². The highest BCUT2D eigenvalue weighted by molar-refractivity contribution is 7.25. The van der Waals surface area contributed by atoms with E-state index < -0.39 is 0 Å². The molecule has 27 heavy (non-hydrogen) atoms. The van der Waals surface area contributed by atoms with Crippen LogP contribution in [-0.2, 0) is 11.3 Å². The van der Waals surface area contributed by atoms with E-state index in [4.69, 9.17) is 11.6 Å². The van der Waals surface area contributed by atoms with E-state index in [2.05, 4.69) is 15.3 Å². The fraction of sp³-hybridized carbons (Fsp3) is 0.158. The predicted octanol–water partition coefficient (Wildman–Crippen LogP) is 3.92. The van der Waals surface area contributed by atoms with E-state index >= 15 is 0 Å². The molecule has 0 atom stereocenters. The van der Waals surface area contributed by atoms with Crippen LogP contribution in [0.2, 0.25) is 5.02 Å². The SMILES string of the molecule is Cc1cc(C)c2c(n1)sc1c(=O)n(CC(=O)Nc3cccc(Cl)c3)cnc12. The lowest BCUT2D eigenvalue weighted by Gasteiger charge is -2.07. The van der Waals surface area contributed by atoms with Gasteiger partial charge in [0.05, 0.1) is 11.8 Å². The molecule has 0 radical (unpaired) electrons. The minimum Gasteiger partial charge on any atom is -0.324 e. The number of amides is 1. The van der Waals surface area contributed by atoms with Crippen LogP contribution < -0.4 is 10.9 Å². The van der Waals surface area contributed by atoms with Crippen molar-refractivity contribution in [2.75, 3.05) is 5.32 Å². The lowest BCUT2D eigenvalue weighted by atomic mass is 10.1. The summed E-state index contributed by atoms with van der Waals surface area (Å²) in [5.41, 5.74) is 2.89. The fourth-order valence-electron chi connectivity index (χ4n) is 3.04. The number of pyridine rings is 1. The Labute approximate surface area is 163 Å². The van der Waals surface area contributed by atoms with E-state index in [0.29, 0.717) is 20.9 Å². The molecule has 0 aliphatic rings. The molecule has 0 aliphatic heterocycles. The number of carbonyl (C=O) groups excluding carboxylic acids is 1. The first-order chi connectivity index (χ1) is 12.9. The van der Waals surface area contributed by atoms with E-state index in [1.165, 1.54) is 22.2 Å². The number of anilines is 1. The number of carbonyl (C=O) groups is 1. The van der Waals surface area contributed by atoms with Crippen molar-refractivity contribution in [1.82, 2.24) is 14.5 Å². The van der Waals surface area contributed by atoms with E-state index in [-0.39, 0.29) is 18.0 Å². The highest BCUT2D eigenvalue weighted by Crippen LogP contribution is 2.31. The molecule has 8 heteroatoms. The molecule has 4 rings (SSSR count). The van der Waals surface area contributed by atoms with Crippen LogP contribution >= 0.6 is 22.9 Å². The molecule has 3 aromatic heterocycles. The quantitative estimate of drug-likeness (QED) is 0.567. The van der Waals surface area contributed by atoms with Crippen molar-refractivity contribution >= 4 is 55.0 Å². The lowest BCUT2D eigenvalue weighted by molar-refractivity contribution is -0.116. The summed E-state index contributed by atoms with van der Waals surface area (Å²) in [4.78, 5) is 34.9. The minimum absolute atomic E-state index is 0.131. The third kappa shape index (κ3) is 3.31. The van der Waals surface area contributed by atoms with Crippen molar-refractivity contribution in [3.63, 3.8) is 0 Å². The van der Waals surface area contributed by atoms with E-state index in [9.17, 15) is 9.59 Å². The van der Waals surface area contributed by atoms with Crippen LogP contribution in [-0.4, -0.2) is 20.4 Å². The maximum absolute atomic E-state index is 12.8. The van der Waals surface area contributed by atoms with Crippen LogP contribution in [0.5, 0.6) is 0 Å². The van der Waals surface area contributed by atoms with Gasteiger partial charge in [0.15, 0.2) is 0 Å². The van der Waals surface area contributed by atoms with Crippen molar-refractivity contribution in [2.45, 2.75) is 20.4 Å². The highest BCUT2D eigenvalue weighted by atomic mass is 35.5. The molecule has 0 saturated heterocycles. The first kappa shape index (κ1) is 17.6. The van der Waals surface area contributed by atoms with E-state index in [1.54, 1.807) is 24.3 Å². The summed E-state index contributed by atoms with van der Waals surface area (Å²) in [6, 6.07) is 8.81. The third-order valence-corrected chi connectivity index (χ3v) is 5.46. The number of fused-ring (bicyclic) bond motifs is 3. The molecular weight excluding hydrogens is 384 g/mol. The summed E-state index contributed by atoms with van der Waals surface area (Å²) in [6.45, 7) is 3.77. The molecule has 0 saturated carbocycles. The van der Waals surface area contributed by atoms with Crippen molar-refractivity contribution in [1.29, 1.82) is 0 Å². The van der Waals surface area contributed by atoms with Crippen LogP contribution in [0.15, 0.2) is 41.5 Å². The van der Waals surface area contributed by atoms with Gasteiger partial charge < -0.3 is 5.32 Å². The maximum atomic E-state index is 12.8. The molecule has 3 heterocycles. The first-order valence-corrected chi connectivity index (χ1v) is 9.43. The second-order valence-electron chi connectivity index (χ2n) is 6.28. The number of rotatable bonds is 3. The average Bonchev–Trinajstić information content (AvgIpc) is 2.96. The van der Waals surface area contributed by atoms with Gasteiger partial charge in [-0.3, -0.25) is 14.2 Å². The number of aryl methyl sites for hydroxylation is 2. The van der Waals surface area contributed by atoms with Gasteiger partial charge in [-0.1, -0.05) is 17.7 Å². The van der Waals surface area contributed by atoms with Gasteiger partial charge in [-0.25, -0.2) is 9.97 Å². The van der Waals surface area contributed by atoms with E-state index in [1.807, 2.05) is 19.9 Å². The van der Waals surface area contributed by atoms with Crippen LogP contribution in [0.4, 0.5) is 5.69 Å². The number of halogens is 1. The summed E-state index contributed by atoms with van der Waals surface area (Å²) >= 11 is 7.23. The van der Waals surface area contributed by atoms with Gasteiger partial charge in [-0.2, -0.15) is 0 Å². The van der Waals surface area contributed by atoms with Crippen molar-refractivity contribution in [3.8, 4) is 0 Å². The molecule has 0 spiro atoms. The lowest BCUT2D eigenvalue weighted by Crippen LogP contribution is -2.27. The van der Waals surface area contributed by atoms with Gasteiger partial charge in [0, 0.05) is 21.8 Å². The monoisotopic (exact) mass is 398 g/mol. The molecule has 6 nitrogen and oxygen atoms in total. The molecule has 0 fully saturated rings. The van der Waals surface area contributed by atoms with Crippen molar-refractivity contribution in [2.24, 2.45) is 0 Å². The smallest absolute Gasteiger partial charge is 0.271 e. The van der Waals surface area contributed by atoms with Crippen molar-refractivity contribution < 1.29 is 4.79 Å². The normalized spacial score (nSPS) is 11.2. The molecule has 4 aromatic rings. The number of nitrogens with one attached hydrogen (secondary N) is 1. The standard InChI is InChI=1S/C19H15ClN4O2S/c1-10-6-11(2)22-18-15(10)16-17(27-18)19(26)24(9-21-16)8-14(25)23-13-5-3-4-12(20)7-13/h3-7,9H,8H2,1-2H3,(H,23,25). The predicted molar refractivity (Wildman–Crippen MR) is 109 cm³/mol. The van der Waals surface area contributed by atoms with Crippen LogP contribution in [0, 0.1) is 13.8 Å². The fourth-order valence-corrected chi connectivity index (χ4v) is 4.42. The minimum atomic E-state index is -0.327. The number of aromatic nitrogens is 3. The Morgan fingerprint density at radius 3 is 2.89 bits per heavy atom. The molecule has 0 aliphatic carbocycles. The summed E-state index contributed by atoms with van der Waals surface area (Å²) in [7, 11) is 0. The number of thiophene rings is 1. The second kappa shape index (κ2) is 6.75. The van der Waals surface area contributed by atoms with Crippen LogP contribution in [0.1, 0.15) is 11.3 Å². The Balaban J connectivity index is 1.69. The Morgan fingerprint density at radius 1 is 1.30 bits per heavy atom. The van der Waals surface area contributed by atoms with Crippen molar-refractivity contribution in [3.05, 3.63) is 63.3 Å². The van der Waals surface area contributed by atoms with Gasteiger partial charge in [-0.05, 0) is 43.7 Å². The summed E-state index contributed by atoms with van der Waals surface area (Å²) in [6.07, 6.45) is 1.41. The Bertz CT molecular complexity index is 1260. The number of hydrogen-bond acceptors (Lipinski definition) is 5. The Morgan fingerprint density at radius 2 is 2.11 bits per heavy atom. The second-order valence-corrected chi connectivity index (χ2v) is 7.71. The molecule has 0 unspecified atom stereocenters. The van der Waals surface area contributed by atoms with Gasteiger partial charge in [0.1, 0.15) is 16.1 Å². The number of hydrogen-bond donors (Lipinski definition) is 1. The largest absolute Gasteiger partial charge is 0.324 e. The number of nitrogens with zero attached hydrogens (tertiary/aromatic N) is 3. The zero-order chi connectivity index (χ0) is 19.1. The zero-order valence-corrected chi connectivity index (χ0v) is 16.2. The highest BCUT2D eigenvalue weighted by Gasteiger charge is 2.16. The maximum Gasteiger partial charge on any atom is 0.271 e. The van der Waals surface area contributed by atoms with E-state index in [0.717, 1.165) is 21.5 Å². The molecule has 136 valence electrons. The molecule has 1 amide bonds. The molecule has 1 aromatic carbocycles. The molecule has 0 bridgehead atoms. The van der Waals surface area contributed by atoms with Crippen LogP contribution in [0.3, 0.4) is 0 Å². The topological polar surface area (TPSA) is 76.9 Å². The summed E-state index contributed by atoms with van der Waals surface area (Å²) in [5.74, 6) is -0.327. The Hall–Kier alpha value is -2.77. The summed E-state index contributed by atoms with van der Waals surface area (Å²) in [5, 5.41) is 4.15. The summed E-state index contributed by atoms with van der Waals surface area (Å²) < 4.78 is 1.81. The van der Waals surface area contributed by atoms with Gasteiger partial charge in [0.25, 0.3) is 5.56 Å². The third-order valence-electron chi connectivity index (χ3n) is 4.17. The van der Waals surface area contributed by atoms with Gasteiger partial charge in [-0.15, -0.1) is 11.3 Å². The molecule has 1 N–H and O–H groups in total. The average molecular weight is 399 g/mol. The molecular formula is C19H15ClN4O2S. The number of benzene rings is 1. The zero-order valence-electron chi connectivity index (χ0n) is 14.6. The van der Waals surface area contributed by atoms with Gasteiger partial charge >= 0.3 is 0 Å². The van der Waals surface area contributed by atoms with Gasteiger partial charge in [0.2, 0.25) is 5.91 Å².